The molecule has 2 heterocycles. The first kappa shape index (κ1) is 13.3. The van der Waals surface area contributed by atoms with E-state index in [1.807, 2.05) is 31.2 Å². The number of hydrogen-bond donors (Lipinski definition) is 1. The van der Waals surface area contributed by atoms with E-state index in [-0.39, 0.29) is 5.91 Å². The Morgan fingerprint density at radius 3 is 2.81 bits per heavy atom. The number of halogens is 1. The van der Waals surface area contributed by atoms with Crippen LogP contribution < -0.4 is 5.32 Å². The van der Waals surface area contributed by atoms with Gasteiger partial charge >= 0.3 is 0 Å². The number of fused-ring (bicyclic) bond motifs is 1. The van der Waals surface area contributed by atoms with Gasteiger partial charge in [0.2, 0.25) is 0 Å². The fourth-order valence-electron chi connectivity index (χ4n) is 2.32. The first-order valence-corrected chi connectivity index (χ1v) is 6.57. The second-order valence-corrected chi connectivity index (χ2v) is 4.94. The van der Waals surface area contributed by atoms with Crippen LogP contribution in [0.3, 0.4) is 0 Å². The lowest BCUT2D eigenvalue weighted by molar-refractivity contribution is 0.102. The molecule has 1 N–H and O–H groups in total. The summed E-state index contributed by atoms with van der Waals surface area (Å²) >= 11 is 0. The monoisotopic (exact) mass is 283 g/mol. The lowest BCUT2D eigenvalue weighted by Gasteiger charge is -2.06. The summed E-state index contributed by atoms with van der Waals surface area (Å²) in [7, 11) is 0. The number of pyridine rings is 1. The van der Waals surface area contributed by atoms with Crippen molar-refractivity contribution in [3.63, 3.8) is 0 Å². The van der Waals surface area contributed by atoms with E-state index < -0.39 is 5.82 Å². The van der Waals surface area contributed by atoms with Gasteiger partial charge in [0.25, 0.3) is 5.91 Å². The zero-order valence-electron chi connectivity index (χ0n) is 11.7. The SMILES string of the molecule is Cc1cccc(NC(=O)c2c(C)nc3ccc(F)cn23)c1. The molecule has 0 aliphatic rings. The van der Waals surface area contributed by atoms with Crippen LogP contribution in [0.2, 0.25) is 0 Å². The number of aromatic nitrogens is 2. The summed E-state index contributed by atoms with van der Waals surface area (Å²) in [5.74, 6) is -0.722. The van der Waals surface area contributed by atoms with Gasteiger partial charge in [-0.2, -0.15) is 0 Å². The van der Waals surface area contributed by atoms with Crippen molar-refractivity contribution < 1.29 is 9.18 Å². The van der Waals surface area contributed by atoms with E-state index in [0.29, 0.717) is 22.7 Å². The van der Waals surface area contributed by atoms with Crippen molar-refractivity contribution in [3.8, 4) is 0 Å². The Labute approximate surface area is 121 Å². The normalized spacial score (nSPS) is 10.8. The summed E-state index contributed by atoms with van der Waals surface area (Å²) in [4.78, 5) is 16.7. The van der Waals surface area contributed by atoms with Crippen molar-refractivity contribution in [1.29, 1.82) is 0 Å². The first-order valence-electron chi connectivity index (χ1n) is 6.57. The molecule has 0 spiro atoms. The van der Waals surface area contributed by atoms with Crippen LogP contribution >= 0.6 is 0 Å². The Morgan fingerprint density at radius 1 is 1.24 bits per heavy atom. The van der Waals surface area contributed by atoms with E-state index in [1.165, 1.54) is 16.7 Å². The number of anilines is 1. The zero-order chi connectivity index (χ0) is 15.0. The number of amides is 1. The molecule has 0 aliphatic carbocycles. The van der Waals surface area contributed by atoms with E-state index in [1.54, 1.807) is 13.0 Å². The average molecular weight is 283 g/mol. The van der Waals surface area contributed by atoms with Crippen molar-refractivity contribution in [1.82, 2.24) is 9.38 Å². The Kier molecular flexibility index (Phi) is 3.17. The maximum atomic E-state index is 13.4. The molecule has 5 heteroatoms. The number of carbonyl (C=O) groups excluding carboxylic acids is 1. The highest BCUT2D eigenvalue weighted by Gasteiger charge is 2.17. The number of nitrogens with one attached hydrogen (secondary N) is 1. The van der Waals surface area contributed by atoms with Gasteiger partial charge in [0.05, 0.1) is 5.69 Å². The van der Waals surface area contributed by atoms with E-state index in [2.05, 4.69) is 10.3 Å². The van der Waals surface area contributed by atoms with Gasteiger partial charge in [0.1, 0.15) is 17.2 Å². The number of imidazole rings is 1. The minimum absolute atomic E-state index is 0.309. The fourth-order valence-corrected chi connectivity index (χ4v) is 2.32. The average Bonchev–Trinajstić information content (AvgIpc) is 2.74. The van der Waals surface area contributed by atoms with Crippen LogP contribution in [0.5, 0.6) is 0 Å². The molecule has 2 aromatic heterocycles. The van der Waals surface area contributed by atoms with Crippen molar-refractivity contribution in [2.45, 2.75) is 13.8 Å². The van der Waals surface area contributed by atoms with Gasteiger partial charge < -0.3 is 5.32 Å². The summed E-state index contributed by atoms with van der Waals surface area (Å²) in [6.07, 6.45) is 1.26. The van der Waals surface area contributed by atoms with E-state index in [9.17, 15) is 9.18 Å². The van der Waals surface area contributed by atoms with Gasteiger partial charge in [-0.05, 0) is 43.7 Å². The number of nitrogens with zero attached hydrogens (tertiary/aromatic N) is 2. The summed E-state index contributed by atoms with van der Waals surface area (Å²) in [5.41, 5.74) is 3.19. The van der Waals surface area contributed by atoms with Gasteiger partial charge in [-0.15, -0.1) is 0 Å². The summed E-state index contributed by atoms with van der Waals surface area (Å²) < 4.78 is 14.9. The summed E-state index contributed by atoms with van der Waals surface area (Å²) in [6.45, 7) is 3.68. The van der Waals surface area contributed by atoms with Gasteiger partial charge in [0, 0.05) is 11.9 Å². The second-order valence-electron chi connectivity index (χ2n) is 4.94. The smallest absolute Gasteiger partial charge is 0.274 e. The predicted octanol–water partition coefficient (Wildman–Crippen LogP) is 3.34. The third kappa shape index (κ3) is 2.50. The molecule has 106 valence electrons. The van der Waals surface area contributed by atoms with Crippen molar-refractivity contribution in [2.24, 2.45) is 0 Å². The third-order valence-corrected chi connectivity index (χ3v) is 3.25. The molecule has 0 aliphatic heterocycles. The van der Waals surface area contributed by atoms with Crippen LogP contribution in [-0.4, -0.2) is 15.3 Å². The Bertz CT molecular complexity index is 839. The Morgan fingerprint density at radius 2 is 2.05 bits per heavy atom. The molecule has 0 saturated heterocycles. The molecule has 0 radical (unpaired) electrons. The number of hydrogen-bond acceptors (Lipinski definition) is 2. The highest BCUT2D eigenvalue weighted by Crippen LogP contribution is 2.16. The molecule has 0 fully saturated rings. The van der Waals surface area contributed by atoms with E-state index in [4.69, 9.17) is 0 Å². The molecule has 0 bridgehead atoms. The topological polar surface area (TPSA) is 46.4 Å². The molecule has 21 heavy (non-hydrogen) atoms. The van der Waals surface area contributed by atoms with Crippen LogP contribution in [0.25, 0.3) is 5.65 Å². The van der Waals surface area contributed by atoms with Gasteiger partial charge in [-0.1, -0.05) is 12.1 Å². The van der Waals surface area contributed by atoms with Gasteiger partial charge in [-0.25, -0.2) is 9.37 Å². The number of benzene rings is 1. The molecule has 4 nitrogen and oxygen atoms in total. The van der Waals surface area contributed by atoms with Crippen LogP contribution in [0.1, 0.15) is 21.7 Å². The first-order chi connectivity index (χ1) is 10.0. The minimum Gasteiger partial charge on any atom is -0.321 e. The third-order valence-electron chi connectivity index (χ3n) is 3.25. The van der Waals surface area contributed by atoms with Crippen molar-refractivity contribution in [3.05, 3.63) is 65.4 Å². The highest BCUT2D eigenvalue weighted by atomic mass is 19.1. The highest BCUT2D eigenvalue weighted by molar-refractivity contribution is 6.04. The van der Waals surface area contributed by atoms with Crippen molar-refractivity contribution >= 4 is 17.2 Å². The standard InChI is InChI=1S/C16H14FN3O/c1-10-4-3-5-13(8-10)19-16(21)15-11(2)18-14-7-6-12(17)9-20(14)15/h3-9H,1-2H3,(H,19,21). The second kappa shape index (κ2) is 5.01. The molecule has 3 aromatic rings. The quantitative estimate of drug-likeness (QED) is 0.784. The Hall–Kier alpha value is -2.69. The van der Waals surface area contributed by atoms with Gasteiger partial charge in [0.15, 0.2) is 0 Å². The molecule has 1 amide bonds. The number of carbonyl (C=O) groups is 1. The van der Waals surface area contributed by atoms with Crippen LogP contribution in [0.15, 0.2) is 42.6 Å². The summed E-state index contributed by atoms with van der Waals surface area (Å²) in [6, 6.07) is 10.4. The molecule has 3 rings (SSSR count). The van der Waals surface area contributed by atoms with E-state index >= 15 is 0 Å². The van der Waals surface area contributed by atoms with E-state index in [0.717, 1.165) is 5.56 Å². The lowest BCUT2D eigenvalue weighted by atomic mass is 10.2. The lowest BCUT2D eigenvalue weighted by Crippen LogP contribution is -2.15. The minimum atomic E-state index is -0.412. The van der Waals surface area contributed by atoms with Crippen LogP contribution in [-0.2, 0) is 0 Å². The Balaban J connectivity index is 2.01. The zero-order valence-corrected chi connectivity index (χ0v) is 11.7. The molecule has 0 atom stereocenters. The molecular weight excluding hydrogens is 269 g/mol. The largest absolute Gasteiger partial charge is 0.321 e. The maximum Gasteiger partial charge on any atom is 0.274 e. The summed E-state index contributed by atoms with van der Waals surface area (Å²) in [5, 5.41) is 2.82. The molecule has 0 unspecified atom stereocenters. The van der Waals surface area contributed by atoms with Crippen LogP contribution in [0, 0.1) is 19.7 Å². The number of rotatable bonds is 2. The molecular formula is C16H14FN3O. The van der Waals surface area contributed by atoms with Crippen molar-refractivity contribution in [2.75, 3.05) is 5.32 Å². The molecule has 1 aromatic carbocycles. The maximum absolute atomic E-state index is 13.4. The van der Waals surface area contributed by atoms with Gasteiger partial charge in [-0.3, -0.25) is 9.20 Å². The fraction of sp³-hybridized carbons (Fsp3) is 0.125. The molecule has 0 saturated carbocycles. The predicted molar refractivity (Wildman–Crippen MR) is 79.0 cm³/mol. The van der Waals surface area contributed by atoms with Crippen LogP contribution in [0.4, 0.5) is 10.1 Å². The number of aryl methyl sites for hydroxylation is 2.